The molecule has 0 bridgehead atoms. The van der Waals surface area contributed by atoms with E-state index in [1.54, 1.807) is 32.2 Å². The van der Waals surface area contributed by atoms with E-state index in [-0.39, 0.29) is 42.0 Å². The summed E-state index contributed by atoms with van der Waals surface area (Å²) in [6.07, 6.45) is 0. The number of para-hydroxylation sites is 1. The van der Waals surface area contributed by atoms with Crippen molar-refractivity contribution in [3.63, 3.8) is 0 Å². The van der Waals surface area contributed by atoms with Gasteiger partial charge in [0.15, 0.2) is 17.5 Å². The van der Waals surface area contributed by atoms with Crippen molar-refractivity contribution in [2.75, 3.05) is 20.3 Å². The average molecular weight is 549 g/mol. The van der Waals surface area contributed by atoms with Crippen LogP contribution < -0.4 is 20.1 Å². The van der Waals surface area contributed by atoms with Gasteiger partial charge in [-0.15, -0.1) is 24.0 Å². The number of nitrogens with zero attached hydrogens (tertiary/aromatic N) is 1. The van der Waals surface area contributed by atoms with E-state index in [4.69, 9.17) is 14.2 Å². The van der Waals surface area contributed by atoms with E-state index < -0.39 is 6.61 Å². The van der Waals surface area contributed by atoms with Gasteiger partial charge >= 0.3 is 6.61 Å². The second kappa shape index (κ2) is 14.8. The van der Waals surface area contributed by atoms with Crippen molar-refractivity contribution < 1.29 is 23.0 Å². The second-order valence-corrected chi connectivity index (χ2v) is 6.29. The normalized spacial score (nSPS) is 11.1. The Labute approximate surface area is 199 Å². The molecule has 0 radical (unpaired) electrons. The number of alkyl halides is 2. The maximum atomic E-state index is 12.8. The lowest BCUT2D eigenvalue weighted by Gasteiger charge is -2.17. The SMILES string of the molecule is CCOCc1ccc(CNC(=NC)NCc2cccc(OCC)c2OC(F)F)cc1.I. The standard InChI is InChI=1S/C22H29F2N3O3.HI/c1-4-28-15-17-11-9-16(10-12-17)13-26-22(25-3)27-14-18-7-6-8-19(29-5-2)20(18)30-21(23)24;/h6-12,21H,4-5,13-15H2,1-3H3,(H2,25,26,27);1H. The Bertz CT molecular complexity index is 805. The Hall–Kier alpha value is -2.14. The highest BCUT2D eigenvalue weighted by Gasteiger charge is 2.16. The Balaban J connectivity index is 0.00000480. The number of hydrogen-bond donors (Lipinski definition) is 2. The molecular formula is C22H30F2IN3O3. The van der Waals surface area contributed by atoms with Crippen LogP contribution in [0.25, 0.3) is 0 Å². The lowest BCUT2D eigenvalue weighted by atomic mass is 10.1. The first-order valence-corrected chi connectivity index (χ1v) is 9.86. The molecule has 9 heteroatoms. The van der Waals surface area contributed by atoms with Gasteiger partial charge in [-0.2, -0.15) is 8.78 Å². The smallest absolute Gasteiger partial charge is 0.387 e. The summed E-state index contributed by atoms with van der Waals surface area (Å²) in [7, 11) is 1.65. The summed E-state index contributed by atoms with van der Waals surface area (Å²) in [5, 5.41) is 6.32. The van der Waals surface area contributed by atoms with Crippen LogP contribution in [0.15, 0.2) is 47.5 Å². The van der Waals surface area contributed by atoms with E-state index >= 15 is 0 Å². The predicted octanol–water partition coefficient (Wildman–Crippen LogP) is 4.71. The van der Waals surface area contributed by atoms with Gasteiger partial charge in [-0.1, -0.05) is 36.4 Å². The number of guanidine groups is 1. The molecule has 0 spiro atoms. The molecule has 0 unspecified atom stereocenters. The van der Waals surface area contributed by atoms with E-state index in [0.717, 1.165) is 11.1 Å². The van der Waals surface area contributed by atoms with Gasteiger partial charge in [-0.05, 0) is 31.0 Å². The number of benzene rings is 2. The van der Waals surface area contributed by atoms with Crippen LogP contribution in [0.4, 0.5) is 8.78 Å². The summed E-state index contributed by atoms with van der Waals surface area (Å²) in [6.45, 7) is 3.25. The van der Waals surface area contributed by atoms with Gasteiger partial charge in [-0.3, -0.25) is 4.99 Å². The summed E-state index contributed by atoms with van der Waals surface area (Å²) in [5.74, 6) is 0.854. The fourth-order valence-electron chi connectivity index (χ4n) is 2.75. The third-order valence-corrected chi connectivity index (χ3v) is 4.19. The van der Waals surface area contributed by atoms with Crippen molar-refractivity contribution in [1.82, 2.24) is 10.6 Å². The topological polar surface area (TPSA) is 64.1 Å². The maximum absolute atomic E-state index is 12.8. The lowest BCUT2D eigenvalue weighted by Crippen LogP contribution is -2.36. The van der Waals surface area contributed by atoms with Crippen LogP contribution in [0, 0.1) is 0 Å². The minimum Gasteiger partial charge on any atom is -0.490 e. The number of aliphatic imine (C=N–C) groups is 1. The Morgan fingerprint density at radius 3 is 2.26 bits per heavy atom. The van der Waals surface area contributed by atoms with Crippen LogP contribution in [0.2, 0.25) is 0 Å². The summed E-state index contributed by atoms with van der Waals surface area (Å²) in [6, 6.07) is 13.1. The first-order valence-electron chi connectivity index (χ1n) is 9.86. The summed E-state index contributed by atoms with van der Waals surface area (Å²) >= 11 is 0. The molecule has 0 aliphatic heterocycles. The zero-order valence-corrected chi connectivity index (χ0v) is 20.3. The van der Waals surface area contributed by atoms with Crippen LogP contribution in [-0.2, 0) is 24.4 Å². The molecule has 2 aromatic rings. The van der Waals surface area contributed by atoms with E-state index in [1.807, 2.05) is 31.2 Å². The van der Waals surface area contributed by atoms with Gasteiger partial charge in [0.2, 0.25) is 0 Å². The molecule has 2 aromatic carbocycles. The molecule has 0 atom stereocenters. The molecule has 0 saturated carbocycles. The Morgan fingerprint density at radius 2 is 1.65 bits per heavy atom. The molecule has 0 amide bonds. The largest absolute Gasteiger partial charge is 0.490 e. The van der Waals surface area contributed by atoms with Crippen molar-refractivity contribution in [3.05, 3.63) is 59.2 Å². The minimum absolute atomic E-state index is 0. The fraction of sp³-hybridized carbons (Fsp3) is 0.409. The highest BCUT2D eigenvalue weighted by molar-refractivity contribution is 14.0. The number of hydrogen-bond acceptors (Lipinski definition) is 4. The number of halogens is 3. The molecular weight excluding hydrogens is 519 g/mol. The molecule has 2 rings (SSSR count). The first-order chi connectivity index (χ1) is 14.6. The van der Waals surface area contributed by atoms with Crippen molar-refractivity contribution in [2.24, 2.45) is 4.99 Å². The Kier molecular flexibility index (Phi) is 12.8. The van der Waals surface area contributed by atoms with Crippen molar-refractivity contribution in [1.29, 1.82) is 0 Å². The quantitative estimate of drug-likeness (QED) is 0.242. The van der Waals surface area contributed by atoms with Crippen molar-refractivity contribution >= 4 is 29.9 Å². The van der Waals surface area contributed by atoms with E-state index in [0.29, 0.717) is 37.9 Å². The van der Waals surface area contributed by atoms with E-state index in [2.05, 4.69) is 15.6 Å². The molecule has 0 fully saturated rings. The molecule has 0 saturated heterocycles. The van der Waals surface area contributed by atoms with Gasteiger partial charge in [0.25, 0.3) is 0 Å². The highest BCUT2D eigenvalue weighted by atomic mass is 127. The molecule has 0 aliphatic carbocycles. The zero-order chi connectivity index (χ0) is 21.8. The summed E-state index contributed by atoms with van der Waals surface area (Å²) in [4.78, 5) is 4.18. The maximum Gasteiger partial charge on any atom is 0.387 e. The molecule has 0 aromatic heterocycles. The van der Waals surface area contributed by atoms with Crippen LogP contribution in [0.5, 0.6) is 11.5 Å². The number of ether oxygens (including phenoxy) is 3. The number of nitrogens with one attached hydrogen (secondary N) is 2. The van der Waals surface area contributed by atoms with Gasteiger partial charge in [-0.25, -0.2) is 0 Å². The van der Waals surface area contributed by atoms with Gasteiger partial charge in [0, 0.05) is 32.3 Å². The van der Waals surface area contributed by atoms with Gasteiger partial charge in [0.05, 0.1) is 13.2 Å². The van der Waals surface area contributed by atoms with E-state index in [9.17, 15) is 8.78 Å². The van der Waals surface area contributed by atoms with Crippen LogP contribution in [0.1, 0.15) is 30.5 Å². The average Bonchev–Trinajstić information content (AvgIpc) is 2.75. The molecule has 0 heterocycles. The van der Waals surface area contributed by atoms with Gasteiger partial charge < -0.3 is 24.8 Å². The highest BCUT2D eigenvalue weighted by Crippen LogP contribution is 2.32. The molecule has 31 heavy (non-hydrogen) atoms. The van der Waals surface area contributed by atoms with Crippen LogP contribution in [-0.4, -0.2) is 32.8 Å². The van der Waals surface area contributed by atoms with Gasteiger partial charge in [0.1, 0.15) is 0 Å². The van der Waals surface area contributed by atoms with Crippen LogP contribution in [0.3, 0.4) is 0 Å². The van der Waals surface area contributed by atoms with Crippen molar-refractivity contribution in [2.45, 2.75) is 40.2 Å². The Morgan fingerprint density at radius 1 is 0.968 bits per heavy atom. The monoisotopic (exact) mass is 549 g/mol. The first kappa shape index (κ1) is 26.9. The molecule has 6 nitrogen and oxygen atoms in total. The van der Waals surface area contributed by atoms with Crippen LogP contribution >= 0.6 is 24.0 Å². The third kappa shape index (κ3) is 9.26. The summed E-state index contributed by atoms with van der Waals surface area (Å²) < 4.78 is 41.2. The number of rotatable bonds is 11. The molecule has 172 valence electrons. The lowest BCUT2D eigenvalue weighted by molar-refractivity contribution is -0.0520. The fourth-order valence-corrected chi connectivity index (χ4v) is 2.75. The predicted molar refractivity (Wildman–Crippen MR) is 128 cm³/mol. The second-order valence-electron chi connectivity index (χ2n) is 6.29. The minimum atomic E-state index is -2.94. The van der Waals surface area contributed by atoms with Crippen molar-refractivity contribution in [3.8, 4) is 11.5 Å². The zero-order valence-electron chi connectivity index (χ0n) is 18.0. The van der Waals surface area contributed by atoms with E-state index in [1.165, 1.54) is 0 Å². The summed E-state index contributed by atoms with van der Waals surface area (Å²) in [5.41, 5.74) is 2.74. The molecule has 2 N–H and O–H groups in total. The molecule has 0 aliphatic rings. The third-order valence-electron chi connectivity index (χ3n) is 4.19.